The van der Waals surface area contributed by atoms with Crippen molar-refractivity contribution in [2.45, 2.75) is 25.3 Å². The summed E-state index contributed by atoms with van der Waals surface area (Å²) in [5, 5.41) is 5.35. The monoisotopic (exact) mass is 422 g/mol. The van der Waals surface area contributed by atoms with Crippen LogP contribution in [0, 0.1) is 0 Å². The molecule has 2 N–H and O–H groups in total. The first-order valence-electron chi connectivity index (χ1n) is 9.90. The first-order chi connectivity index (χ1) is 15.0. The van der Waals surface area contributed by atoms with E-state index in [0.717, 1.165) is 5.56 Å². The minimum Gasteiger partial charge on any atom is -0.464 e. The van der Waals surface area contributed by atoms with E-state index in [0.29, 0.717) is 22.8 Å². The molecule has 0 saturated carbocycles. The van der Waals surface area contributed by atoms with E-state index in [1.807, 2.05) is 30.3 Å². The van der Waals surface area contributed by atoms with Crippen LogP contribution in [-0.2, 0) is 19.1 Å². The highest BCUT2D eigenvalue weighted by molar-refractivity contribution is 6.15. The molecule has 160 valence electrons. The smallest absolute Gasteiger partial charge is 0.342 e. The maximum atomic E-state index is 13.4. The number of amides is 2. The summed E-state index contributed by atoms with van der Waals surface area (Å²) in [6.07, 6.45) is 1.75. The highest BCUT2D eigenvalue weighted by Gasteiger charge is 2.56. The van der Waals surface area contributed by atoms with Gasteiger partial charge in [-0.3, -0.25) is 9.59 Å². The van der Waals surface area contributed by atoms with E-state index in [1.165, 1.54) is 6.92 Å². The van der Waals surface area contributed by atoms with Gasteiger partial charge in [0.25, 0.3) is 5.91 Å². The molecule has 0 saturated heterocycles. The van der Waals surface area contributed by atoms with Crippen molar-refractivity contribution in [1.82, 2.24) is 10.6 Å². The molecule has 8 nitrogen and oxygen atoms in total. The Bertz CT molecular complexity index is 1060. The highest BCUT2D eigenvalue weighted by Crippen LogP contribution is 2.41. The second kappa shape index (κ2) is 8.14. The van der Waals surface area contributed by atoms with Crippen molar-refractivity contribution in [1.29, 1.82) is 0 Å². The Morgan fingerprint density at radius 3 is 2.61 bits per heavy atom. The molecule has 0 bridgehead atoms. The maximum Gasteiger partial charge on any atom is 0.342 e. The number of hydrogen-bond donors (Lipinski definition) is 2. The Morgan fingerprint density at radius 1 is 1.16 bits per heavy atom. The first kappa shape index (κ1) is 20.5. The second-order valence-corrected chi connectivity index (χ2v) is 7.20. The van der Waals surface area contributed by atoms with Crippen LogP contribution in [-0.4, -0.2) is 36.7 Å². The summed E-state index contributed by atoms with van der Waals surface area (Å²) in [4.78, 5) is 38.7. The third kappa shape index (κ3) is 3.61. The quantitative estimate of drug-likeness (QED) is 0.565. The van der Waals surface area contributed by atoms with Gasteiger partial charge in [0.2, 0.25) is 18.2 Å². The molecule has 0 spiro atoms. The standard InChI is InChI=1S/C23H22N2O6/c1-3-29-22(28)23(25-14(2)26)17(16-9-10-19-20(11-16)31-13-30-19)12-18(24-21(23)27)15-7-5-4-6-8-15/h4-12,17H,3,13H2,1-2H3,(H,24,27)(H,25,26). The van der Waals surface area contributed by atoms with Crippen LogP contribution >= 0.6 is 0 Å². The van der Waals surface area contributed by atoms with Crippen LogP contribution in [0.25, 0.3) is 5.70 Å². The van der Waals surface area contributed by atoms with Crippen LogP contribution in [0.2, 0.25) is 0 Å². The molecule has 0 radical (unpaired) electrons. The summed E-state index contributed by atoms with van der Waals surface area (Å²) in [7, 11) is 0. The number of carbonyl (C=O) groups excluding carboxylic acids is 3. The van der Waals surface area contributed by atoms with Crippen LogP contribution in [0.1, 0.15) is 30.9 Å². The molecule has 8 heteroatoms. The van der Waals surface area contributed by atoms with Crippen molar-refractivity contribution in [3.8, 4) is 11.5 Å². The lowest BCUT2D eigenvalue weighted by Crippen LogP contribution is -2.68. The van der Waals surface area contributed by atoms with E-state index in [1.54, 1.807) is 31.2 Å². The van der Waals surface area contributed by atoms with Gasteiger partial charge in [-0.2, -0.15) is 0 Å². The molecule has 2 aromatic rings. The lowest BCUT2D eigenvalue weighted by molar-refractivity contribution is -0.158. The number of nitrogens with one attached hydrogen (secondary N) is 2. The predicted molar refractivity (Wildman–Crippen MR) is 111 cm³/mol. The summed E-state index contributed by atoms with van der Waals surface area (Å²) in [6, 6.07) is 14.4. The van der Waals surface area contributed by atoms with Crippen molar-refractivity contribution in [3.05, 3.63) is 65.7 Å². The van der Waals surface area contributed by atoms with Crippen LogP contribution in [0.15, 0.2) is 54.6 Å². The van der Waals surface area contributed by atoms with Gasteiger partial charge in [0.15, 0.2) is 11.5 Å². The van der Waals surface area contributed by atoms with Crippen molar-refractivity contribution in [3.63, 3.8) is 0 Å². The Labute approximate surface area is 179 Å². The van der Waals surface area contributed by atoms with E-state index >= 15 is 0 Å². The molecule has 4 rings (SSSR count). The van der Waals surface area contributed by atoms with Crippen molar-refractivity contribution >= 4 is 23.5 Å². The molecular weight excluding hydrogens is 400 g/mol. The van der Waals surface area contributed by atoms with Crippen molar-refractivity contribution in [2.24, 2.45) is 0 Å². The van der Waals surface area contributed by atoms with Crippen LogP contribution in [0.5, 0.6) is 11.5 Å². The SMILES string of the molecule is CCOC(=O)C1(NC(C)=O)C(=O)NC(c2ccccc2)=CC1c1ccc2c(c1)OCO2. The van der Waals surface area contributed by atoms with Gasteiger partial charge >= 0.3 is 5.97 Å². The summed E-state index contributed by atoms with van der Waals surface area (Å²) in [5.41, 5.74) is -0.0943. The molecular formula is C23H22N2O6. The number of hydrogen-bond acceptors (Lipinski definition) is 6. The Morgan fingerprint density at radius 2 is 1.90 bits per heavy atom. The lowest BCUT2D eigenvalue weighted by Gasteiger charge is -2.40. The first-order valence-corrected chi connectivity index (χ1v) is 9.90. The van der Waals surface area contributed by atoms with E-state index < -0.39 is 29.2 Å². The molecule has 2 atom stereocenters. The maximum absolute atomic E-state index is 13.4. The predicted octanol–water partition coefficient (Wildman–Crippen LogP) is 2.11. The average Bonchev–Trinajstić information content (AvgIpc) is 3.23. The largest absolute Gasteiger partial charge is 0.464 e. The molecule has 2 amide bonds. The summed E-state index contributed by atoms with van der Waals surface area (Å²) >= 11 is 0. The topological polar surface area (TPSA) is 103 Å². The van der Waals surface area contributed by atoms with E-state index in [9.17, 15) is 14.4 Å². The fraction of sp³-hybridized carbons (Fsp3) is 0.261. The zero-order valence-electron chi connectivity index (χ0n) is 17.1. The van der Waals surface area contributed by atoms with Gasteiger partial charge < -0.3 is 24.8 Å². The average molecular weight is 422 g/mol. The third-order valence-corrected chi connectivity index (χ3v) is 5.22. The zero-order valence-corrected chi connectivity index (χ0v) is 17.1. The van der Waals surface area contributed by atoms with Crippen molar-refractivity contribution in [2.75, 3.05) is 13.4 Å². The van der Waals surface area contributed by atoms with Crippen LogP contribution in [0.3, 0.4) is 0 Å². The van der Waals surface area contributed by atoms with E-state index in [2.05, 4.69) is 10.6 Å². The Kier molecular flexibility index (Phi) is 5.37. The van der Waals surface area contributed by atoms with Gasteiger partial charge in [0.05, 0.1) is 6.61 Å². The number of esters is 1. The van der Waals surface area contributed by atoms with Gasteiger partial charge in [0.1, 0.15) is 0 Å². The molecule has 31 heavy (non-hydrogen) atoms. The second-order valence-electron chi connectivity index (χ2n) is 7.20. The van der Waals surface area contributed by atoms with Crippen LogP contribution < -0.4 is 20.1 Å². The molecule has 0 aliphatic carbocycles. The van der Waals surface area contributed by atoms with Gasteiger partial charge in [-0.25, -0.2) is 4.79 Å². The lowest BCUT2D eigenvalue weighted by atomic mass is 9.74. The fourth-order valence-corrected chi connectivity index (χ4v) is 3.86. The van der Waals surface area contributed by atoms with Crippen molar-refractivity contribution < 1.29 is 28.6 Å². The summed E-state index contributed by atoms with van der Waals surface area (Å²) in [5.74, 6) is -1.84. The number of ether oxygens (including phenoxy) is 3. The highest BCUT2D eigenvalue weighted by atomic mass is 16.7. The Balaban J connectivity index is 1.91. The number of benzene rings is 2. The van der Waals surface area contributed by atoms with E-state index in [-0.39, 0.29) is 13.4 Å². The normalized spacial score (nSPS) is 21.7. The molecule has 2 aromatic carbocycles. The van der Waals surface area contributed by atoms with Gasteiger partial charge in [-0.1, -0.05) is 36.4 Å². The molecule has 2 unspecified atom stereocenters. The summed E-state index contributed by atoms with van der Waals surface area (Å²) in [6.45, 7) is 3.03. The molecule has 2 heterocycles. The number of carbonyl (C=O) groups is 3. The fourth-order valence-electron chi connectivity index (χ4n) is 3.86. The third-order valence-electron chi connectivity index (χ3n) is 5.22. The number of rotatable bonds is 5. The van der Waals surface area contributed by atoms with Crippen LogP contribution in [0.4, 0.5) is 0 Å². The minimum atomic E-state index is -1.98. The molecule has 0 fully saturated rings. The zero-order chi connectivity index (χ0) is 22.0. The molecule has 0 aromatic heterocycles. The van der Waals surface area contributed by atoms with Gasteiger partial charge in [0, 0.05) is 18.5 Å². The number of fused-ring (bicyclic) bond motifs is 1. The van der Waals surface area contributed by atoms with Gasteiger partial charge in [-0.15, -0.1) is 0 Å². The van der Waals surface area contributed by atoms with Gasteiger partial charge in [-0.05, 0) is 36.3 Å². The molecule has 2 aliphatic rings. The minimum absolute atomic E-state index is 0.0521. The Hall–Kier alpha value is -3.81. The summed E-state index contributed by atoms with van der Waals surface area (Å²) < 4.78 is 16.1. The molecule has 2 aliphatic heterocycles. The van der Waals surface area contributed by atoms with E-state index in [4.69, 9.17) is 14.2 Å².